The first-order valence-corrected chi connectivity index (χ1v) is 12.5. The predicted octanol–water partition coefficient (Wildman–Crippen LogP) is 5.12. The van der Waals surface area contributed by atoms with Crippen LogP contribution in [0.2, 0.25) is 5.02 Å². The van der Waals surface area contributed by atoms with Crippen LogP contribution in [0.1, 0.15) is 49.0 Å². The first kappa shape index (κ1) is 22.4. The van der Waals surface area contributed by atoms with E-state index in [1.54, 1.807) is 43.5 Å². The minimum atomic E-state index is -3.88. The van der Waals surface area contributed by atoms with Crippen LogP contribution in [0.3, 0.4) is 0 Å². The minimum absolute atomic E-state index is 0.00190. The fraction of sp³-hybridized carbons (Fsp3) is 0.304. The highest BCUT2D eigenvalue weighted by Crippen LogP contribution is 2.32. The maximum atomic E-state index is 13.3. The zero-order valence-corrected chi connectivity index (χ0v) is 19.3. The molecule has 1 saturated carbocycles. The summed E-state index contributed by atoms with van der Waals surface area (Å²) in [6.07, 6.45) is 5.96. The van der Waals surface area contributed by atoms with Crippen molar-refractivity contribution in [2.24, 2.45) is 0 Å². The summed E-state index contributed by atoms with van der Waals surface area (Å²) in [7, 11) is -3.88. The molecule has 0 aliphatic heterocycles. The molecule has 1 N–H and O–H groups in total. The number of carbonyl (C=O) groups is 1. The summed E-state index contributed by atoms with van der Waals surface area (Å²) in [6, 6.07) is 15.0. The number of benzene rings is 2. The van der Waals surface area contributed by atoms with Crippen LogP contribution < -0.4 is 9.62 Å². The first-order valence-electron chi connectivity index (χ1n) is 10.6. The molecule has 0 unspecified atom stereocenters. The van der Waals surface area contributed by atoms with E-state index in [0.29, 0.717) is 11.5 Å². The van der Waals surface area contributed by atoms with Crippen LogP contribution in [0.25, 0.3) is 0 Å². The van der Waals surface area contributed by atoms with Crippen LogP contribution in [-0.4, -0.2) is 30.7 Å². The average molecular weight is 473 g/mol. The van der Waals surface area contributed by atoms with Gasteiger partial charge in [-0.05, 0) is 50.1 Å². The third kappa shape index (κ3) is 4.38. The van der Waals surface area contributed by atoms with Crippen molar-refractivity contribution < 1.29 is 13.2 Å². The smallest absolute Gasteiger partial charge is 0.264 e. The summed E-state index contributed by atoms with van der Waals surface area (Å²) in [6.45, 7) is 2.01. The van der Waals surface area contributed by atoms with Gasteiger partial charge in [-0.3, -0.25) is 9.10 Å². The minimum Gasteiger partial charge on any atom is -0.307 e. The van der Waals surface area contributed by atoms with E-state index in [0.717, 1.165) is 25.7 Å². The Morgan fingerprint density at radius 1 is 1.16 bits per heavy atom. The molecular formula is C23H25ClN4O3S. The number of sulfonamides is 1. The van der Waals surface area contributed by atoms with Gasteiger partial charge in [0.05, 0.1) is 33.4 Å². The lowest BCUT2D eigenvalue weighted by molar-refractivity contribution is 0.102. The fourth-order valence-electron chi connectivity index (χ4n) is 4.09. The summed E-state index contributed by atoms with van der Waals surface area (Å²) >= 11 is 6.29. The fourth-order valence-corrected chi connectivity index (χ4v) is 5.79. The molecule has 1 aliphatic rings. The van der Waals surface area contributed by atoms with Crippen molar-refractivity contribution in [3.63, 3.8) is 0 Å². The van der Waals surface area contributed by atoms with Gasteiger partial charge >= 0.3 is 0 Å². The summed E-state index contributed by atoms with van der Waals surface area (Å²) < 4.78 is 29.8. The third-order valence-electron chi connectivity index (χ3n) is 5.68. The SMILES string of the molecule is CCN(c1ccccc1)S(=O)(=O)c1ccc(Cl)c(C(=O)Nc2ccnn2C2CCCC2)c1. The predicted molar refractivity (Wildman–Crippen MR) is 126 cm³/mol. The Hall–Kier alpha value is -2.84. The quantitative estimate of drug-likeness (QED) is 0.517. The average Bonchev–Trinajstić information content (AvgIpc) is 3.46. The van der Waals surface area contributed by atoms with Crippen LogP contribution in [0, 0.1) is 0 Å². The lowest BCUT2D eigenvalue weighted by Gasteiger charge is -2.23. The lowest BCUT2D eigenvalue weighted by Crippen LogP contribution is -2.31. The Labute approximate surface area is 193 Å². The largest absolute Gasteiger partial charge is 0.307 e. The van der Waals surface area contributed by atoms with E-state index in [2.05, 4.69) is 10.4 Å². The second kappa shape index (κ2) is 9.34. The highest BCUT2D eigenvalue weighted by molar-refractivity contribution is 7.92. The molecule has 9 heteroatoms. The number of rotatable bonds is 7. The van der Waals surface area contributed by atoms with Crippen molar-refractivity contribution >= 4 is 39.0 Å². The molecule has 168 valence electrons. The number of nitrogens with zero attached hydrogens (tertiary/aromatic N) is 3. The number of carbonyl (C=O) groups excluding carboxylic acids is 1. The molecule has 4 rings (SSSR count). The van der Waals surface area contributed by atoms with Crippen LogP contribution in [0.4, 0.5) is 11.5 Å². The Kier molecular flexibility index (Phi) is 6.53. The number of hydrogen-bond acceptors (Lipinski definition) is 4. The molecule has 1 amide bonds. The van der Waals surface area contributed by atoms with Crippen LogP contribution >= 0.6 is 11.6 Å². The monoisotopic (exact) mass is 472 g/mol. The molecule has 0 spiro atoms. The Morgan fingerprint density at radius 2 is 1.88 bits per heavy atom. The summed E-state index contributed by atoms with van der Waals surface area (Å²) in [5.74, 6) is 0.0975. The number of nitrogens with one attached hydrogen (secondary N) is 1. The number of para-hydroxylation sites is 1. The standard InChI is InChI=1S/C23H25ClN4O3S/c1-2-27(17-8-4-3-5-9-17)32(30,31)19-12-13-21(24)20(16-19)23(29)26-22-14-15-25-28(22)18-10-6-7-11-18/h3-5,8-9,12-16,18H,2,6-7,10-11H2,1H3,(H,26,29). The van der Waals surface area contributed by atoms with Crippen molar-refractivity contribution in [1.29, 1.82) is 0 Å². The van der Waals surface area contributed by atoms with E-state index in [4.69, 9.17) is 11.6 Å². The van der Waals surface area contributed by atoms with Crippen LogP contribution in [0.5, 0.6) is 0 Å². The maximum Gasteiger partial charge on any atom is 0.264 e. The van der Waals surface area contributed by atoms with Crippen molar-refractivity contribution in [2.45, 2.75) is 43.5 Å². The van der Waals surface area contributed by atoms with Gasteiger partial charge < -0.3 is 5.32 Å². The van der Waals surface area contributed by atoms with Crippen molar-refractivity contribution in [3.8, 4) is 0 Å². The van der Waals surface area contributed by atoms with Crippen molar-refractivity contribution in [2.75, 3.05) is 16.2 Å². The molecule has 2 aromatic carbocycles. The Bertz CT molecular complexity index is 1200. The molecule has 1 heterocycles. The second-order valence-corrected chi connectivity index (χ2v) is 9.97. The summed E-state index contributed by atoms with van der Waals surface area (Å²) in [5.41, 5.74) is 0.646. The van der Waals surface area contributed by atoms with E-state index in [1.807, 2.05) is 10.7 Å². The number of aromatic nitrogens is 2. The Morgan fingerprint density at radius 3 is 2.56 bits per heavy atom. The molecule has 0 atom stereocenters. The second-order valence-electron chi connectivity index (χ2n) is 7.70. The van der Waals surface area contributed by atoms with E-state index in [-0.39, 0.29) is 28.1 Å². The highest BCUT2D eigenvalue weighted by Gasteiger charge is 2.26. The van der Waals surface area contributed by atoms with Crippen molar-refractivity contribution in [3.05, 3.63) is 71.4 Å². The van der Waals surface area contributed by atoms with Gasteiger partial charge in [-0.25, -0.2) is 13.1 Å². The van der Waals surface area contributed by atoms with Crippen LogP contribution in [0.15, 0.2) is 65.7 Å². The molecule has 7 nitrogen and oxygen atoms in total. The molecule has 1 aliphatic carbocycles. The van der Waals surface area contributed by atoms with Crippen molar-refractivity contribution in [1.82, 2.24) is 9.78 Å². The van der Waals surface area contributed by atoms with Gasteiger partial charge in [0.25, 0.3) is 15.9 Å². The van der Waals surface area contributed by atoms with Gasteiger partial charge in [0, 0.05) is 12.6 Å². The molecular weight excluding hydrogens is 448 g/mol. The molecule has 0 radical (unpaired) electrons. The zero-order chi connectivity index (χ0) is 22.7. The highest BCUT2D eigenvalue weighted by atomic mass is 35.5. The molecule has 32 heavy (non-hydrogen) atoms. The topological polar surface area (TPSA) is 84.3 Å². The van der Waals surface area contributed by atoms with Gasteiger partial charge in [0.1, 0.15) is 5.82 Å². The third-order valence-corrected chi connectivity index (χ3v) is 7.91. The van der Waals surface area contributed by atoms with E-state index >= 15 is 0 Å². The summed E-state index contributed by atoms with van der Waals surface area (Å²) in [4.78, 5) is 13.0. The van der Waals surface area contributed by atoms with Gasteiger partial charge in [0.15, 0.2) is 0 Å². The molecule has 0 bridgehead atoms. The molecule has 0 saturated heterocycles. The molecule has 3 aromatic rings. The number of hydrogen-bond donors (Lipinski definition) is 1. The molecule has 1 aromatic heterocycles. The lowest BCUT2D eigenvalue weighted by atomic mass is 10.2. The number of amides is 1. The number of anilines is 2. The van der Waals surface area contributed by atoms with E-state index < -0.39 is 15.9 Å². The zero-order valence-electron chi connectivity index (χ0n) is 17.7. The number of halogens is 1. The van der Waals surface area contributed by atoms with Gasteiger partial charge in [0.2, 0.25) is 0 Å². The Balaban J connectivity index is 1.63. The van der Waals surface area contributed by atoms with E-state index in [9.17, 15) is 13.2 Å². The normalized spacial score (nSPS) is 14.4. The van der Waals surface area contributed by atoms with Gasteiger partial charge in [-0.2, -0.15) is 5.10 Å². The first-order chi connectivity index (χ1) is 15.4. The van der Waals surface area contributed by atoms with E-state index in [1.165, 1.54) is 22.5 Å². The molecule has 1 fully saturated rings. The van der Waals surface area contributed by atoms with Gasteiger partial charge in [-0.15, -0.1) is 0 Å². The summed E-state index contributed by atoms with van der Waals surface area (Å²) in [5, 5.41) is 7.38. The van der Waals surface area contributed by atoms with Crippen LogP contribution in [-0.2, 0) is 10.0 Å². The maximum absolute atomic E-state index is 13.3. The van der Waals surface area contributed by atoms with Gasteiger partial charge in [-0.1, -0.05) is 42.6 Å².